The SMILES string of the molecule is CCNc1cc(C(=O)N2CCS(=O)(=O)CC2C)cc(C)n1. The van der Waals surface area contributed by atoms with Crippen LogP contribution in [0.4, 0.5) is 5.82 Å². The Hall–Kier alpha value is -1.63. The first-order valence-electron chi connectivity index (χ1n) is 7.06. The number of hydrogen-bond acceptors (Lipinski definition) is 5. The summed E-state index contributed by atoms with van der Waals surface area (Å²) in [7, 11) is -3.02. The van der Waals surface area contributed by atoms with Gasteiger partial charge < -0.3 is 10.2 Å². The van der Waals surface area contributed by atoms with Crippen molar-refractivity contribution < 1.29 is 13.2 Å². The molecule has 1 fully saturated rings. The van der Waals surface area contributed by atoms with Crippen LogP contribution in [-0.2, 0) is 9.84 Å². The average molecular weight is 311 g/mol. The fourth-order valence-electron chi connectivity index (χ4n) is 2.53. The summed E-state index contributed by atoms with van der Waals surface area (Å²) in [5.41, 5.74) is 1.30. The number of rotatable bonds is 3. The van der Waals surface area contributed by atoms with Gasteiger partial charge in [-0.25, -0.2) is 13.4 Å². The van der Waals surface area contributed by atoms with Crippen molar-refractivity contribution in [1.82, 2.24) is 9.88 Å². The Bertz CT molecular complexity index is 643. The van der Waals surface area contributed by atoms with Gasteiger partial charge in [0.2, 0.25) is 0 Å². The summed E-state index contributed by atoms with van der Waals surface area (Å²) >= 11 is 0. The Morgan fingerprint density at radius 1 is 1.48 bits per heavy atom. The van der Waals surface area contributed by atoms with Gasteiger partial charge in [0.05, 0.1) is 11.5 Å². The van der Waals surface area contributed by atoms with E-state index in [9.17, 15) is 13.2 Å². The average Bonchev–Trinajstić information content (AvgIpc) is 2.36. The highest BCUT2D eigenvalue weighted by atomic mass is 32.2. The molecule has 6 nitrogen and oxygen atoms in total. The Morgan fingerprint density at radius 3 is 2.81 bits per heavy atom. The molecule has 1 aliphatic rings. The number of nitrogens with one attached hydrogen (secondary N) is 1. The van der Waals surface area contributed by atoms with Crippen LogP contribution in [0.3, 0.4) is 0 Å². The predicted octanol–water partition coefficient (Wildman–Crippen LogP) is 1.08. The molecule has 1 aromatic rings. The Morgan fingerprint density at radius 2 is 2.19 bits per heavy atom. The highest BCUT2D eigenvalue weighted by Gasteiger charge is 2.31. The van der Waals surface area contributed by atoms with E-state index in [4.69, 9.17) is 0 Å². The number of pyridine rings is 1. The number of carbonyl (C=O) groups is 1. The second-order valence-electron chi connectivity index (χ2n) is 5.37. The molecule has 1 unspecified atom stereocenters. The van der Waals surface area contributed by atoms with E-state index in [-0.39, 0.29) is 30.0 Å². The van der Waals surface area contributed by atoms with Crippen molar-refractivity contribution in [3.8, 4) is 0 Å². The summed E-state index contributed by atoms with van der Waals surface area (Å²) in [6, 6.07) is 3.15. The van der Waals surface area contributed by atoms with E-state index in [1.165, 1.54) is 0 Å². The molecule has 2 rings (SSSR count). The predicted molar refractivity (Wildman–Crippen MR) is 82.3 cm³/mol. The van der Waals surface area contributed by atoms with Crippen molar-refractivity contribution in [2.45, 2.75) is 26.8 Å². The molecule has 1 aromatic heterocycles. The minimum atomic E-state index is -3.02. The summed E-state index contributed by atoms with van der Waals surface area (Å²) in [4.78, 5) is 18.6. The quantitative estimate of drug-likeness (QED) is 0.903. The molecule has 2 heterocycles. The fraction of sp³-hybridized carbons (Fsp3) is 0.571. The highest BCUT2D eigenvalue weighted by Crippen LogP contribution is 2.18. The minimum Gasteiger partial charge on any atom is -0.370 e. The lowest BCUT2D eigenvalue weighted by Gasteiger charge is -2.33. The van der Waals surface area contributed by atoms with Crippen LogP contribution in [0.15, 0.2) is 12.1 Å². The second kappa shape index (κ2) is 6.01. The van der Waals surface area contributed by atoms with Crippen LogP contribution in [0.25, 0.3) is 0 Å². The number of nitrogens with zero attached hydrogens (tertiary/aromatic N) is 2. The van der Waals surface area contributed by atoms with Gasteiger partial charge in [0.25, 0.3) is 5.91 Å². The molecule has 1 aliphatic heterocycles. The van der Waals surface area contributed by atoms with E-state index < -0.39 is 9.84 Å². The van der Waals surface area contributed by atoms with Gasteiger partial charge >= 0.3 is 0 Å². The minimum absolute atomic E-state index is 0.0306. The van der Waals surface area contributed by atoms with Crippen LogP contribution in [0, 0.1) is 6.92 Å². The molecular formula is C14H21N3O3S. The third-order valence-corrected chi connectivity index (χ3v) is 5.28. The molecule has 0 bridgehead atoms. The zero-order chi connectivity index (χ0) is 15.6. The molecule has 0 saturated carbocycles. The molecule has 0 aromatic carbocycles. The van der Waals surface area contributed by atoms with E-state index >= 15 is 0 Å². The molecular weight excluding hydrogens is 290 g/mol. The number of anilines is 1. The zero-order valence-corrected chi connectivity index (χ0v) is 13.4. The van der Waals surface area contributed by atoms with Gasteiger partial charge in [-0.2, -0.15) is 0 Å². The van der Waals surface area contributed by atoms with Gasteiger partial charge in [-0.1, -0.05) is 0 Å². The van der Waals surface area contributed by atoms with Crippen molar-refractivity contribution in [1.29, 1.82) is 0 Å². The van der Waals surface area contributed by atoms with Crippen molar-refractivity contribution in [2.24, 2.45) is 0 Å². The molecule has 1 saturated heterocycles. The zero-order valence-electron chi connectivity index (χ0n) is 12.6. The summed E-state index contributed by atoms with van der Waals surface area (Å²) < 4.78 is 23.2. The van der Waals surface area contributed by atoms with E-state index in [0.29, 0.717) is 11.4 Å². The molecule has 0 spiro atoms. The van der Waals surface area contributed by atoms with Crippen molar-refractivity contribution in [3.05, 3.63) is 23.4 Å². The molecule has 1 N–H and O–H groups in total. The number of aryl methyl sites for hydroxylation is 1. The molecule has 1 amide bonds. The Labute approximate surface area is 125 Å². The lowest BCUT2D eigenvalue weighted by Crippen LogP contribution is -2.49. The summed E-state index contributed by atoms with van der Waals surface area (Å²) in [5.74, 6) is 0.594. The summed E-state index contributed by atoms with van der Waals surface area (Å²) in [6.45, 7) is 6.54. The Balaban J connectivity index is 2.24. The van der Waals surface area contributed by atoms with Gasteiger partial charge in [0.15, 0.2) is 9.84 Å². The van der Waals surface area contributed by atoms with Crippen LogP contribution in [0.2, 0.25) is 0 Å². The van der Waals surface area contributed by atoms with Crippen LogP contribution in [0.1, 0.15) is 29.9 Å². The van der Waals surface area contributed by atoms with Crippen LogP contribution < -0.4 is 5.32 Å². The topological polar surface area (TPSA) is 79.4 Å². The van der Waals surface area contributed by atoms with Gasteiger partial charge in [-0.15, -0.1) is 0 Å². The standard InChI is InChI=1S/C14H21N3O3S/c1-4-15-13-8-12(7-10(2)16-13)14(18)17-5-6-21(19,20)9-11(17)3/h7-8,11H,4-6,9H2,1-3H3,(H,15,16). The number of aromatic nitrogens is 1. The summed E-state index contributed by atoms with van der Waals surface area (Å²) in [6.07, 6.45) is 0. The smallest absolute Gasteiger partial charge is 0.254 e. The molecule has 7 heteroatoms. The van der Waals surface area contributed by atoms with Crippen LogP contribution >= 0.6 is 0 Å². The highest BCUT2D eigenvalue weighted by molar-refractivity contribution is 7.91. The molecule has 0 aliphatic carbocycles. The van der Waals surface area contributed by atoms with E-state index in [1.807, 2.05) is 13.8 Å². The third-order valence-electron chi connectivity index (χ3n) is 3.49. The molecule has 21 heavy (non-hydrogen) atoms. The maximum absolute atomic E-state index is 12.6. The lowest BCUT2D eigenvalue weighted by molar-refractivity contribution is 0.0712. The number of hydrogen-bond donors (Lipinski definition) is 1. The molecule has 1 atom stereocenters. The maximum Gasteiger partial charge on any atom is 0.254 e. The number of amides is 1. The lowest BCUT2D eigenvalue weighted by atomic mass is 10.1. The molecule has 0 radical (unpaired) electrons. The van der Waals surface area contributed by atoms with E-state index in [1.54, 1.807) is 24.0 Å². The Kier molecular flexibility index (Phi) is 4.51. The number of sulfone groups is 1. The fourth-order valence-corrected chi connectivity index (χ4v) is 4.09. The van der Waals surface area contributed by atoms with Gasteiger partial charge in [0.1, 0.15) is 5.82 Å². The first kappa shape index (κ1) is 15.8. The van der Waals surface area contributed by atoms with Crippen LogP contribution in [0.5, 0.6) is 0 Å². The maximum atomic E-state index is 12.6. The van der Waals surface area contributed by atoms with Gasteiger partial charge in [-0.3, -0.25) is 4.79 Å². The van der Waals surface area contributed by atoms with E-state index in [2.05, 4.69) is 10.3 Å². The molecule has 116 valence electrons. The monoisotopic (exact) mass is 311 g/mol. The first-order chi connectivity index (χ1) is 9.82. The van der Waals surface area contributed by atoms with Crippen LogP contribution in [-0.4, -0.2) is 54.8 Å². The van der Waals surface area contributed by atoms with Gasteiger partial charge in [-0.05, 0) is 32.9 Å². The van der Waals surface area contributed by atoms with Crippen molar-refractivity contribution in [3.63, 3.8) is 0 Å². The van der Waals surface area contributed by atoms with Gasteiger partial charge in [0, 0.05) is 30.4 Å². The van der Waals surface area contributed by atoms with E-state index in [0.717, 1.165) is 12.2 Å². The largest absolute Gasteiger partial charge is 0.370 e. The first-order valence-corrected chi connectivity index (χ1v) is 8.88. The normalized spacial score (nSPS) is 21.1. The second-order valence-corrected chi connectivity index (χ2v) is 7.60. The summed E-state index contributed by atoms with van der Waals surface area (Å²) in [5, 5.41) is 3.09. The third kappa shape index (κ3) is 3.72. The van der Waals surface area contributed by atoms with Crippen molar-refractivity contribution >= 4 is 21.6 Å². The number of carbonyl (C=O) groups excluding carboxylic acids is 1. The van der Waals surface area contributed by atoms with Crippen molar-refractivity contribution in [2.75, 3.05) is 29.9 Å².